The van der Waals surface area contributed by atoms with E-state index < -0.39 is 5.97 Å². The third-order valence-electron chi connectivity index (χ3n) is 2.07. The lowest BCUT2D eigenvalue weighted by Crippen LogP contribution is -2.26. The van der Waals surface area contributed by atoms with Crippen molar-refractivity contribution in [1.82, 2.24) is 4.98 Å². The lowest BCUT2D eigenvalue weighted by molar-refractivity contribution is 0.0365. The topological polar surface area (TPSA) is 69.7 Å². The van der Waals surface area contributed by atoms with Crippen LogP contribution < -0.4 is 5.32 Å². The van der Waals surface area contributed by atoms with E-state index >= 15 is 0 Å². The van der Waals surface area contributed by atoms with E-state index in [1.807, 2.05) is 0 Å². The molecule has 6 nitrogen and oxygen atoms in total. The first-order valence-electron chi connectivity index (χ1n) is 5.00. The third kappa shape index (κ3) is 4.29. The van der Waals surface area contributed by atoms with Gasteiger partial charge in [0.25, 0.3) is 0 Å². The zero-order chi connectivity index (χ0) is 12.7. The zero-order valence-electron chi connectivity index (χ0n) is 10.1. The van der Waals surface area contributed by atoms with Crippen molar-refractivity contribution in [3.05, 3.63) is 11.1 Å². The van der Waals surface area contributed by atoms with Crippen LogP contribution in [0.25, 0.3) is 0 Å². The monoisotopic (exact) mass is 260 g/mol. The molecule has 1 N–H and O–H groups in total. The molecule has 1 aromatic heterocycles. The first-order valence-corrected chi connectivity index (χ1v) is 5.88. The summed E-state index contributed by atoms with van der Waals surface area (Å²) in [6.45, 7) is 1.07. The molecule has 1 aromatic rings. The Labute approximate surface area is 104 Å². The predicted molar refractivity (Wildman–Crippen MR) is 64.6 cm³/mol. The molecule has 1 unspecified atom stereocenters. The van der Waals surface area contributed by atoms with Crippen molar-refractivity contribution in [1.29, 1.82) is 0 Å². The minimum absolute atomic E-state index is 0.0505. The Bertz CT molecular complexity index is 356. The molecule has 1 heterocycles. The molecule has 1 atom stereocenters. The number of carbonyl (C=O) groups is 1. The Hall–Kier alpha value is -1.18. The number of esters is 1. The second-order valence-corrected chi connectivity index (χ2v) is 4.08. The van der Waals surface area contributed by atoms with Crippen molar-refractivity contribution in [2.24, 2.45) is 0 Å². The van der Waals surface area contributed by atoms with E-state index in [4.69, 9.17) is 9.47 Å². The lowest BCUT2D eigenvalue weighted by Gasteiger charge is -2.14. The zero-order valence-corrected chi connectivity index (χ0v) is 10.9. The van der Waals surface area contributed by atoms with Gasteiger partial charge in [-0.3, -0.25) is 0 Å². The van der Waals surface area contributed by atoms with Gasteiger partial charge in [0.2, 0.25) is 0 Å². The summed E-state index contributed by atoms with van der Waals surface area (Å²) < 4.78 is 14.7. The molecule has 0 aliphatic heterocycles. The normalized spacial score (nSPS) is 12.2. The van der Waals surface area contributed by atoms with Crippen LogP contribution in [0.5, 0.6) is 0 Å². The second-order valence-electron chi connectivity index (χ2n) is 3.22. The Morgan fingerprint density at radius 3 is 2.88 bits per heavy atom. The molecule has 0 aliphatic carbocycles. The Kier molecular flexibility index (Phi) is 5.88. The van der Waals surface area contributed by atoms with Crippen LogP contribution in [0, 0.1) is 0 Å². The summed E-state index contributed by atoms with van der Waals surface area (Å²) >= 11 is 1.34. The van der Waals surface area contributed by atoms with Gasteiger partial charge < -0.3 is 19.5 Å². The largest absolute Gasteiger partial charge is 0.464 e. The maximum atomic E-state index is 11.2. The second kappa shape index (κ2) is 7.21. The Morgan fingerprint density at radius 1 is 1.53 bits per heavy atom. The van der Waals surface area contributed by atoms with Crippen LogP contribution in [0.2, 0.25) is 0 Å². The van der Waals surface area contributed by atoms with Crippen molar-refractivity contribution < 1.29 is 19.0 Å². The van der Waals surface area contributed by atoms with Crippen LogP contribution >= 0.6 is 11.3 Å². The fourth-order valence-electron chi connectivity index (χ4n) is 1.15. The number of thiazole rings is 1. The van der Waals surface area contributed by atoms with Crippen LogP contribution in [0.1, 0.15) is 10.5 Å². The average molecular weight is 260 g/mol. The number of nitrogens with one attached hydrogen (secondary N) is 1. The highest BCUT2D eigenvalue weighted by Crippen LogP contribution is 2.15. The molecule has 7 heteroatoms. The number of aromatic nitrogens is 1. The van der Waals surface area contributed by atoms with E-state index in [2.05, 4.69) is 15.0 Å². The van der Waals surface area contributed by atoms with Crippen LogP contribution in [0.4, 0.5) is 5.13 Å². The van der Waals surface area contributed by atoms with Gasteiger partial charge in [-0.2, -0.15) is 0 Å². The van der Waals surface area contributed by atoms with Crippen molar-refractivity contribution in [2.75, 3.05) is 39.8 Å². The molecule has 0 bridgehead atoms. The maximum absolute atomic E-state index is 11.2. The standard InChI is InChI=1S/C10H16N2O4S/c1-14-5-7(15-2)4-11-10-12-8(6-17-10)9(13)16-3/h6-7H,4-5H2,1-3H3,(H,11,12). The third-order valence-corrected chi connectivity index (χ3v) is 2.87. The van der Waals surface area contributed by atoms with Crippen LogP contribution in [0.3, 0.4) is 0 Å². The molecule has 0 fully saturated rings. The fraction of sp³-hybridized carbons (Fsp3) is 0.600. The van der Waals surface area contributed by atoms with E-state index in [0.29, 0.717) is 24.0 Å². The number of rotatable bonds is 7. The Morgan fingerprint density at radius 2 is 2.29 bits per heavy atom. The SMILES string of the molecule is COCC(CNc1nc(C(=O)OC)cs1)OC. The summed E-state index contributed by atoms with van der Waals surface area (Å²) in [6.07, 6.45) is -0.0505. The quantitative estimate of drug-likeness (QED) is 0.738. The molecule has 0 radical (unpaired) electrons. The maximum Gasteiger partial charge on any atom is 0.357 e. The highest BCUT2D eigenvalue weighted by molar-refractivity contribution is 7.13. The summed E-state index contributed by atoms with van der Waals surface area (Å²) in [5.41, 5.74) is 0.306. The molecule has 0 saturated heterocycles. The van der Waals surface area contributed by atoms with Crippen molar-refractivity contribution in [3.63, 3.8) is 0 Å². The number of ether oxygens (including phenoxy) is 3. The van der Waals surface area contributed by atoms with Crippen LogP contribution in [-0.4, -0.2) is 51.5 Å². The predicted octanol–water partition coefficient (Wildman–Crippen LogP) is 1.00. The molecule has 0 saturated carbocycles. The Balaban J connectivity index is 2.46. The van der Waals surface area contributed by atoms with Crippen molar-refractivity contribution in [3.8, 4) is 0 Å². The minimum Gasteiger partial charge on any atom is -0.464 e. The molecule has 17 heavy (non-hydrogen) atoms. The van der Waals surface area contributed by atoms with E-state index in [9.17, 15) is 4.79 Å². The average Bonchev–Trinajstić information content (AvgIpc) is 2.82. The van der Waals surface area contributed by atoms with Gasteiger partial charge in [-0.05, 0) is 0 Å². The molecule has 0 aromatic carbocycles. The van der Waals surface area contributed by atoms with Gasteiger partial charge >= 0.3 is 5.97 Å². The molecule has 0 spiro atoms. The summed E-state index contributed by atoms with van der Waals surface area (Å²) in [4.78, 5) is 15.3. The lowest BCUT2D eigenvalue weighted by atomic mass is 10.4. The van der Waals surface area contributed by atoms with Crippen molar-refractivity contribution >= 4 is 22.4 Å². The van der Waals surface area contributed by atoms with Gasteiger partial charge in [-0.15, -0.1) is 11.3 Å². The van der Waals surface area contributed by atoms with E-state index in [1.54, 1.807) is 19.6 Å². The number of hydrogen-bond acceptors (Lipinski definition) is 7. The summed E-state index contributed by atoms with van der Waals surface area (Å²) in [5, 5.41) is 5.38. The summed E-state index contributed by atoms with van der Waals surface area (Å²) in [5.74, 6) is -0.436. The molecule has 1 rings (SSSR count). The van der Waals surface area contributed by atoms with Gasteiger partial charge in [0.1, 0.15) is 0 Å². The van der Waals surface area contributed by atoms with E-state index in [0.717, 1.165) is 0 Å². The van der Waals surface area contributed by atoms with Gasteiger partial charge in [-0.25, -0.2) is 9.78 Å². The number of carbonyl (C=O) groups excluding carboxylic acids is 1. The number of methoxy groups -OCH3 is 3. The molecule has 0 aliphatic rings. The smallest absolute Gasteiger partial charge is 0.357 e. The van der Waals surface area contributed by atoms with Crippen molar-refractivity contribution in [2.45, 2.75) is 6.10 Å². The number of nitrogens with zero attached hydrogens (tertiary/aromatic N) is 1. The van der Waals surface area contributed by atoms with Crippen LogP contribution in [-0.2, 0) is 14.2 Å². The molecular formula is C10H16N2O4S. The van der Waals surface area contributed by atoms with Gasteiger partial charge in [0.05, 0.1) is 19.8 Å². The molecule has 96 valence electrons. The first-order chi connectivity index (χ1) is 8.21. The molecular weight excluding hydrogens is 244 g/mol. The number of hydrogen-bond donors (Lipinski definition) is 1. The van der Waals surface area contributed by atoms with Gasteiger partial charge in [0.15, 0.2) is 10.8 Å². The summed E-state index contributed by atoms with van der Waals surface area (Å²) in [6, 6.07) is 0. The highest BCUT2D eigenvalue weighted by Gasteiger charge is 2.12. The van der Waals surface area contributed by atoms with Gasteiger partial charge in [0, 0.05) is 26.1 Å². The van der Waals surface area contributed by atoms with E-state index in [1.165, 1.54) is 18.4 Å². The highest BCUT2D eigenvalue weighted by atomic mass is 32.1. The number of anilines is 1. The fourth-order valence-corrected chi connectivity index (χ4v) is 1.84. The van der Waals surface area contributed by atoms with Crippen LogP contribution in [0.15, 0.2) is 5.38 Å². The first kappa shape index (κ1) is 13.9. The minimum atomic E-state index is -0.436. The summed E-state index contributed by atoms with van der Waals surface area (Å²) in [7, 11) is 4.56. The van der Waals surface area contributed by atoms with E-state index in [-0.39, 0.29) is 6.10 Å². The van der Waals surface area contributed by atoms with Gasteiger partial charge in [-0.1, -0.05) is 0 Å². The molecule has 0 amide bonds.